The number of hydrogen-bond acceptors (Lipinski definition) is 5. The van der Waals surface area contributed by atoms with Crippen molar-refractivity contribution in [2.45, 2.75) is 31.2 Å². The number of carbonyl (C=O) groups is 2. The first-order valence-corrected chi connectivity index (χ1v) is 9.03. The summed E-state index contributed by atoms with van der Waals surface area (Å²) in [5.74, 6) is 0.470. The highest BCUT2D eigenvalue weighted by molar-refractivity contribution is 5.92. The lowest BCUT2D eigenvalue weighted by molar-refractivity contribution is -0.133. The first kappa shape index (κ1) is 16.7. The van der Waals surface area contributed by atoms with Gasteiger partial charge in [-0.15, -0.1) is 0 Å². The molecule has 1 saturated heterocycles. The molecule has 136 valence electrons. The van der Waals surface area contributed by atoms with Crippen molar-refractivity contribution in [1.82, 2.24) is 30.0 Å². The van der Waals surface area contributed by atoms with Crippen LogP contribution in [-0.4, -0.2) is 56.1 Å². The van der Waals surface area contributed by atoms with Gasteiger partial charge in [-0.3, -0.25) is 19.3 Å². The molecule has 0 unspecified atom stereocenters. The zero-order valence-electron chi connectivity index (χ0n) is 14.5. The number of nitrogens with zero attached hydrogens (tertiary/aromatic N) is 5. The summed E-state index contributed by atoms with van der Waals surface area (Å²) >= 11 is 0. The number of likely N-dealkylation sites (tertiary alicyclic amines) is 1. The standard InChI is InChI=1S/C18H22N6O2/c25-16(15-13-19-7-8-20-15)23-10-4-18(5-11-23,24-9-1-6-22-24)17(26)21-12-14-2-3-14/h1,6-9,13-14H,2-5,10-12H2,(H,21,26). The van der Waals surface area contributed by atoms with Gasteiger partial charge in [0.05, 0.1) is 6.20 Å². The van der Waals surface area contributed by atoms with Gasteiger partial charge in [-0.1, -0.05) is 0 Å². The second-order valence-corrected chi connectivity index (χ2v) is 7.02. The van der Waals surface area contributed by atoms with Gasteiger partial charge in [0.2, 0.25) is 5.91 Å². The maximum absolute atomic E-state index is 13.0. The van der Waals surface area contributed by atoms with Crippen molar-refractivity contribution < 1.29 is 9.59 Å². The van der Waals surface area contributed by atoms with Gasteiger partial charge < -0.3 is 10.2 Å². The van der Waals surface area contributed by atoms with E-state index in [0.29, 0.717) is 37.5 Å². The lowest BCUT2D eigenvalue weighted by Gasteiger charge is -2.40. The molecule has 3 heterocycles. The van der Waals surface area contributed by atoms with Gasteiger partial charge in [0, 0.05) is 44.4 Å². The van der Waals surface area contributed by atoms with Crippen molar-refractivity contribution >= 4 is 11.8 Å². The maximum Gasteiger partial charge on any atom is 0.274 e. The number of rotatable bonds is 5. The number of nitrogens with one attached hydrogen (secondary N) is 1. The molecule has 0 atom stereocenters. The van der Waals surface area contributed by atoms with Crippen molar-refractivity contribution in [3.63, 3.8) is 0 Å². The van der Waals surface area contributed by atoms with Crippen LogP contribution in [0.5, 0.6) is 0 Å². The smallest absolute Gasteiger partial charge is 0.274 e. The van der Waals surface area contributed by atoms with Crippen molar-refractivity contribution in [1.29, 1.82) is 0 Å². The van der Waals surface area contributed by atoms with E-state index in [1.54, 1.807) is 22.0 Å². The summed E-state index contributed by atoms with van der Waals surface area (Å²) in [4.78, 5) is 35.4. The molecule has 2 aromatic heterocycles. The summed E-state index contributed by atoms with van der Waals surface area (Å²) in [6, 6.07) is 1.83. The zero-order chi connectivity index (χ0) is 18.0. The molecular weight excluding hydrogens is 332 g/mol. The Kier molecular flexibility index (Phi) is 4.40. The Morgan fingerprint density at radius 3 is 2.62 bits per heavy atom. The van der Waals surface area contributed by atoms with Crippen molar-refractivity contribution in [3.05, 3.63) is 42.7 Å². The molecule has 1 aliphatic carbocycles. The van der Waals surface area contributed by atoms with Gasteiger partial charge in [-0.2, -0.15) is 5.10 Å². The van der Waals surface area contributed by atoms with Crippen LogP contribution in [0.4, 0.5) is 0 Å². The van der Waals surface area contributed by atoms with E-state index in [1.165, 1.54) is 25.2 Å². The van der Waals surface area contributed by atoms with Crippen LogP contribution in [0.15, 0.2) is 37.1 Å². The van der Waals surface area contributed by atoms with Crippen LogP contribution in [0.25, 0.3) is 0 Å². The maximum atomic E-state index is 13.0. The van der Waals surface area contributed by atoms with Gasteiger partial charge >= 0.3 is 0 Å². The first-order chi connectivity index (χ1) is 12.7. The van der Waals surface area contributed by atoms with E-state index >= 15 is 0 Å². The summed E-state index contributed by atoms with van der Waals surface area (Å²) in [5.41, 5.74) is -0.408. The third kappa shape index (κ3) is 3.18. The molecule has 26 heavy (non-hydrogen) atoms. The Bertz CT molecular complexity index is 764. The second-order valence-electron chi connectivity index (χ2n) is 7.02. The van der Waals surface area contributed by atoms with Crippen LogP contribution in [0.3, 0.4) is 0 Å². The second kappa shape index (κ2) is 6.86. The third-order valence-electron chi connectivity index (χ3n) is 5.27. The molecule has 2 aromatic rings. The van der Waals surface area contributed by atoms with Gasteiger partial charge in [0.25, 0.3) is 5.91 Å². The van der Waals surface area contributed by atoms with E-state index < -0.39 is 5.54 Å². The molecule has 8 nitrogen and oxygen atoms in total. The van der Waals surface area contributed by atoms with E-state index in [9.17, 15) is 9.59 Å². The predicted octanol–water partition coefficient (Wildman–Crippen LogP) is 0.831. The molecule has 4 rings (SSSR count). The Morgan fingerprint density at radius 1 is 1.19 bits per heavy atom. The summed E-state index contributed by atoms with van der Waals surface area (Å²) in [6.07, 6.45) is 11.5. The van der Waals surface area contributed by atoms with E-state index in [2.05, 4.69) is 20.4 Å². The van der Waals surface area contributed by atoms with Gasteiger partial charge in [0.1, 0.15) is 11.2 Å². The van der Waals surface area contributed by atoms with Crippen molar-refractivity contribution in [3.8, 4) is 0 Å². The highest BCUT2D eigenvalue weighted by atomic mass is 16.2. The van der Waals surface area contributed by atoms with Crippen LogP contribution < -0.4 is 5.32 Å². The molecule has 1 aliphatic heterocycles. The highest BCUT2D eigenvalue weighted by Gasteiger charge is 2.45. The summed E-state index contributed by atoms with van der Waals surface area (Å²) in [7, 11) is 0. The van der Waals surface area contributed by atoms with Crippen LogP contribution >= 0.6 is 0 Å². The minimum Gasteiger partial charge on any atom is -0.354 e. The lowest BCUT2D eigenvalue weighted by atomic mass is 9.86. The molecule has 0 bridgehead atoms. The Balaban J connectivity index is 1.48. The fourth-order valence-corrected chi connectivity index (χ4v) is 3.46. The first-order valence-electron chi connectivity index (χ1n) is 9.03. The molecular formula is C18H22N6O2. The van der Waals surface area contributed by atoms with E-state index in [1.807, 2.05) is 12.3 Å². The zero-order valence-corrected chi connectivity index (χ0v) is 14.5. The predicted molar refractivity (Wildman–Crippen MR) is 93.1 cm³/mol. The number of amides is 2. The molecule has 8 heteroatoms. The Morgan fingerprint density at radius 2 is 2.00 bits per heavy atom. The fourth-order valence-electron chi connectivity index (χ4n) is 3.46. The molecule has 1 saturated carbocycles. The summed E-state index contributed by atoms with van der Waals surface area (Å²) in [5, 5.41) is 7.43. The normalized spacial score (nSPS) is 19.2. The van der Waals surface area contributed by atoms with Crippen molar-refractivity contribution in [2.75, 3.05) is 19.6 Å². The Labute approximate surface area is 151 Å². The van der Waals surface area contributed by atoms with Crippen LogP contribution in [0.1, 0.15) is 36.2 Å². The van der Waals surface area contributed by atoms with Gasteiger partial charge in [-0.25, -0.2) is 4.98 Å². The summed E-state index contributed by atoms with van der Waals surface area (Å²) in [6.45, 7) is 1.68. The van der Waals surface area contributed by atoms with E-state index in [4.69, 9.17) is 0 Å². The van der Waals surface area contributed by atoms with E-state index in [-0.39, 0.29) is 11.8 Å². The number of piperidine rings is 1. The molecule has 2 fully saturated rings. The van der Waals surface area contributed by atoms with Gasteiger partial charge in [-0.05, 0) is 37.7 Å². The average Bonchev–Trinajstić information content (AvgIpc) is 3.36. The SMILES string of the molecule is O=C(c1cnccn1)N1CCC(C(=O)NCC2CC2)(n2cccn2)CC1. The van der Waals surface area contributed by atoms with E-state index in [0.717, 1.165) is 6.54 Å². The quantitative estimate of drug-likeness (QED) is 0.858. The van der Waals surface area contributed by atoms with Crippen LogP contribution in [-0.2, 0) is 10.3 Å². The molecule has 2 aliphatic rings. The molecule has 1 N–H and O–H groups in total. The molecule has 0 radical (unpaired) electrons. The highest BCUT2D eigenvalue weighted by Crippen LogP contribution is 2.32. The van der Waals surface area contributed by atoms with Crippen LogP contribution in [0.2, 0.25) is 0 Å². The average molecular weight is 354 g/mol. The number of hydrogen-bond donors (Lipinski definition) is 1. The molecule has 2 amide bonds. The molecule has 0 spiro atoms. The minimum atomic E-state index is -0.739. The third-order valence-corrected chi connectivity index (χ3v) is 5.27. The van der Waals surface area contributed by atoms with Crippen LogP contribution in [0, 0.1) is 5.92 Å². The monoisotopic (exact) mass is 354 g/mol. The summed E-state index contributed by atoms with van der Waals surface area (Å²) < 4.78 is 1.75. The Hall–Kier alpha value is -2.77. The van der Waals surface area contributed by atoms with Crippen molar-refractivity contribution in [2.24, 2.45) is 5.92 Å². The topological polar surface area (TPSA) is 93.0 Å². The minimum absolute atomic E-state index is 0.000276. The number of carbonyl (C=O) groups excluding carboxylic acids is 2. The number of aromatic nitrogens is 4. The fraction of sp³-hybridized carbons (Fsp3) is 0.500. The lowest BCUT2D eigenvalue weighted by Crippen LogP contribution is -2.56. The largest absolute Gasteiger partial charge is 0.354 e. The van der Waals surface area contributed by atoms with Gasteiger partial charge in [0.15, 0.2) is 0 Å². The molecule has 0 aromatic carbocycles.